The number of piperidine rings is 1. The second kappa shape index (κ2) is 10.9. The van der Waals surface area contributed by atoms with Gasteiger partial charge in [0.05, 0.1) is 11.2 Å². The second-order valence-electron chi connectivity index (χ2n) is 12.3. The number of nitrogens with one attached hydrogen (secondary N) is 1. The van der Waals surface area contributed by atoms with Gasteiger partial charge in [0.1, 0.15) is 18.2 Å². The number of carbonyl (C=O) groups is 2. The topological polar surface area (TPSA) is 152 Å². The highest BCUT2D eigenvalue weighted by Gasteiger charge is 2.59. The van der Waals surface area contributed by atoms with Crippen molar-refractivity contribution in [3.8, 4) is 11.4 Å². The third kappa shape index (κ3) is 5.66. The number of amides is 3. The Bertz CT molecular complexity index is 1380. The van der Waals surface area contributed by atoms with Crippen LogP contribution in [0.25, 0.3) is 5.69 Å². The van der Waals surface area contributed by atoms with E-state index in [-0.39, 0.29) is 30.2 Å². The number of nitrogens with zero attached hydrogens (tertiary/aromatic N) is 5. The summed E-state index contributed by atoms with van der Waals surface area (Å²) < 4.78 is 7.58. The van der Waals surface area contributed by atoms with Gasteiger partial charge in [-0.1, -0.05) is 6.07 Å². The molecular weight excluding hydrogens is 548 g/mol. The summed E-state index contributed by atoms with van der Waals surface area (Å²) in [6, 6.07) is 7.37. The number of aromatic nitrogens is 2. The minimum absolute atomic E-state index is 0. The first kappa shape index (κ1) is 29.3. The van der Waals surface area contributed by atoms with Gasteiger partial charge in [-0.15, -0.1) is 12.4 Å². The fraction of sp³-hybridized carbons (Fsp3) is 0.571. The number of halogens is 1. The lowest BCUT2D eigenvalue weighted by molar-refractivity contribution is -0.137. The van der Waals surface area contributed by atoms with Crippen molar-refractivity contribution in [2.75, 3.05) is 57.7 Å². The van der Waals surface area contributed by atoms with Gasteiger partial charge in [-0.05, 0) is 62.3 Å². The second-order valence-corrected chi connectivity index (χ2v) is 12.3. The zero-order chi connectivity index (χ0) is 28.2. The van der Waals surface area contributed by atoms with Crippen LogP contribution >= 0.6 is 12.4 Å². The van der Waals surface area contributed by atoms with Crippen LogP contribution in [0.4, 0.5) is 10.6 Å². The Kier molecular flexibility index (Phi) is 7.79. The van der Waals surface area contributed by atoms with E-state index in [0.717, 1.165) is 43.3 Å². The van der Waals surface area contributed by atoms with Crippen LogP contribution in [0.5, 0.6) is 5.75 Å². The summed E-state index contributed by atoms with van der Waals surface area (Å²) in [7, 11) is 0. The third-order valence-electron chi connectivity index (χ3n) is 8.91. The Balaban J connectivity index is 0.00000337. The summed E-state index contributed by atoms with van der Waals surface area (Å²) in [5.41, 5.74) is 12.6. The number of fused-ring (bicyclic) bond motifs is 2. The highest BCUT2D eigenvalue weighted by molar-refractivity contribution is 5.89. The van der Waals surface area contributed by atoms with Crippen LogP contribution in [-0.4, -0.2) is 100 Å². The van der Waals surface area contributed by atoms with Crippen molar-refractivity contribution in [2.45, 2.75) is 38.3 Å². The molecule has 222 valence electrons. The molecule has 5 N–H and O–H groups in total. The summed E-state index contributed by atoms with van der Waals surface area (Å²) in [4.78, 5) is 47.9. The minimum atomic E-state index is -0.951. The maximum atomic E-state index is 12.9. The maximum Gasteiger partial charge on any atom is 0.354 e. The molecule has 1 saturated carbocycles. The molecular formula is C28H39ClN8O4. The fourth-order valence-electron chi connectivity index (χ4n) is 6.34. The molecule has 41 heavy (non-hydrogen) atoms. The van der Waals surface area contributed by atoms with E-state index in [0.29, 0.717) is 49.9 Å². The zero-order valence-electron chi connectivity index (χ0n) is 23.5. The van der Waals surface area contributed by atoms with E-state index in [1.54, 1.807) is 35.9 Å². The molecule has 0 radical (unpaired) electrons. The number of urea groups is 1. The first-order valence-corrected chi connectivity index (χ1v) is 14.0. The first-order valence-electron chi connectivity index (χ1n) is 14.0. The van der Waals surface area contributed by atoms with Crippen LogP contribution < -0.4 is 27.2 Å². The molecule has 3 amide bonds. The number of benzene rings is 1. The van der Waals surface area contributed by atoms with Gasteiger partial charge < -0.3 is 26.0 Å². The van der Waals surface area contributed by atoms with E-state index < -0.39 is 11.2 Å². The molecule has 4 heterocycles. The summed E-state index contributed by atoms with van der Waals surface area (Å²) in [5.74, 6) is 1.54. The smallest absolute Gasteiger partial charge is 0.354 e. The molecule has 0 spiro atoms. The summed E-state index contributed by atoms with van der Waals surface area (Å²) in [5, 5.41) is 2.70. The number of carbonyl (C=O) groups excluding carboxylic acids is 2. The van der Waals surface area contributed by atoms with E-state index in [9.17, 15) is 14.4 Å². The molecule has 12 nitrogen and oxygen atoms in total. The predicted octanol–water partition coefficient (Wildman–Crippen LogP) is 0.652. The fourth-order valence-corrected chi connectivity index (χ4v) is 6.34. The molecule has 13 heteroatoms. The van der Waals surface area contributed by atoms with Crippen molar-refractivity contribution in [2.24, 2.45) is 22.8 Å². The standard InChI is InChI=1S/C28H38N8O4.ClH/c1-27(2,30)24(37)33-7-9-34(10-8-33)25(38)31-23-5-6-36(26(39)32-23)20-4-3-18-11-21(15-40-22(18)12-20)35-14-19-13-28(19,16-29)17-35;/h3-6,12,19,21H,7-11,13-17,29-30H2,1-2H3,(H,31,32,38,39);1H. The van der Waals surface area contributed by atoms with Crippen molar-refractivity contribution in [3.05, 3.63) is 46.5 Å². The summed E-state index contributed by atoms with van der Waals surface area (Å²) >= 11 is 0. The first-order chi connectivity index (χ1) is 19.1. The highest BCUT2D eigenvalue weighted by Crippen LogP contribution is 2.57. The molecule has 1 aromatic carbocycles. The Morgan fingerprint density at radius 3 is 2.56 bits per heavy atom. The average Bonchev–Trinajstić information content (AvgIpc) is 3.51. The summed E-state index contributed by atoms with van der Waals surface area (Å²) in [6.45, 7) is 8.42. The molecule has 2 aromatic rings. The van der Waals surface area contributed by atoms with Crippen molar-refractivity contribution < 1.29 is 14.3 Å². The number of likely N-dealkylation sites (tertiary alicyclic amines) is 1. The molecule has 4 aliphatic rings. The van der Waals surface area contributed by atoms with Crippen molar-refractivity contribution in [1.29, 1.82) is 0 Å². The monoisotopic (exact) mass is 586 g/mol. The molecule has 0 bridgehead atoms. The largest absolute Gasteiger partial charge is 0.492 e. The van der Waals surface area contributed by atoms with Gasteiger partial charge in [-0.3, -0.25) is 19.6 Å². The number of rotatable bonds is 5. The van der Waals surface area contributed by atoms with E-state index in [1.807, 2.05) is 18.2 Å². The Morgan fingerprint density at radius 1 is 1.17 bits per heavy atom. The Labute approximate surface area is 245 Å². The van der Waals surface area contributed by atoms with Gasteiger partial charge in [0.15, 0.2) is 0 Å². The van der Waals surface area contributed by atoms with Gasteiger partial charge in [-0.25, -0.2) is 9.59 Å². The molecule has 1 aliphatic carbocycles. The molecule has 3 fully saturated rings. The van der Waals surface area contributed by atoms with Crippen LogP contribution in [-0.2, 0) is 11.2 Å². The molecule has 1 aromatic heterocycles. The van der Waals surface area contributed by atoms with Gasteiger partial charge in [0.2, 0.25) is 5.91 Å². The van der Waals surface area contributed by atoms with Crippen LogP contribution in [0.3, 0.4) is 0 Å². The van der Waals surface area contributed by atoms with Crippen molar-refractivity contribution in [3.63, 3.8) is 0 Å². The Morgan fingerprint density at radius 2 is 1.90 bits per heavy atom. The third-order valence-corrected chi connectivity index (χ3v) is 8.91. The van der Waals surface area contributed by atoms with E-state index in [1.165, 1.54) is 11.0 Å². The number of piperazine rings is 1. The van der Waals surface area contributed by atoms with Gasteiger partial charge in [0.25, 0.3) is 0 Å². The van der Waals surface area contributed by atoms with Crippen molar-refractivity contribution >= 4 is 30.2 Å². The number of nitrogens with two attached hydrogens (primary N) is 2. The van der Waals surface area contributed by atoms with Crippen LogP contribution in [0.2, 0.25) is 0 Å². The molecule has 6 rings (SSSR count). The minimum Gasteiger partial charge on any atom is -0.492 e. The zero-order valence-corrected chi connectivity index (χ0v) is 24.4. The molecule has 3 unspecified atom stereocenters. The van der Waals surface area contributed by atoms with Crippen LogP contribution in [0.15, 0.2) is 35.3 Å². The van der Waals surface area contributed by atoms with Crippen LogP contribution in [0.1, 0.15) is 25.8 Å². The SMILES string of the molecule is CC(C)(N)C(=O)N1CCN(C(=O)Nc2ccn(-c3ccc4c(c3)OCC(N3CC5CC5(CN)C3)C4)c(=O)n2)CC1.Cl. The highest BCUT2D eigenvalue weighted by atomic mass is 35.5. The lowest BCUT2D eigenvalue weighted by Gasteiger charge is -2.37. The quantitative estimate of drug-likeness (QED) is 0.462. The number of anilines is 1. The maximum absolute atomic E-state index is 12.9. The van der Waals surface area contributed by atoms with Gasteiger partial charge >= 0.3 is 11.7 Å². The number of hydrogen-bond acceptors (Lipinski definition) is 8. The lowest BCUT2D eigenvalue weighted by Crippen LogP contribution is -2.58. The van der Waals surface area contributed by atoms with E-state index in [4.69, 9.17) is 16.2 Å². The van der Waals surface area contributed by atoms with Gasteiger partial charge in [0, 0.05) is 57.6 Å². The van der Waals surface area contributed by atoms with E-state index in [2.05, 4.69) is 15.2 Å². The predicted molar refractivity (Wildman–Crippen MR) is 157 cm³/mol. The Hall–Kier alpha value is -3.19. The lowest BCUT2D eigenvalue weighted by atomic mass is 10.00. The number of ether oxygens (including phenoxy) is 1. The molecule has 3 aliphatic heterocycles. The normalized spacial score (nSPS) is 25.5. The molecule has 2 saturated heterocycles. The summed E-state index contributed by atoms with van der Waals surface area (Å²) in [6.07, 6.45) is 3.76. The number of hydrogen-bond donors (Lipinski definition) is 3. The van der Waals surface area contributed by atoms with Gasteiger partial charge in [-0.2, -0.15) is 4.98 Å². The van der Waals surface area contributed by atoms with Crippen LogP contribution in [0, 0.1) is 11.3 Å². The average molecular weight is 587 g/mol. The van der Waals surface area contributed by atoms with Crippen molar-refractivity contribution in [1.82, 2.24) is 24.3 Å². The van der Waals surface area contributed by atoms with E-state index >= 15 is 0 Å². The molecule has 3 atom stereocenters.